The van der Waals surface area contributed by atoms with Gasteiger partial charge in [-0.25, -0.2) is 13.2 Å². The Morgan fingerprint density at radius 2 is 2.05 bits per heavy atom. The number of rotatable bonds is 5. The molecular formula is C13H13NO5S. The fourth-order valence-electron chi connectivity index (χ4n) is 1.70. The normalized spacial score (nSPS) is 11.2. The quantitative estimate of drug-likeness (QED) is 0.875. The monoisotopic (exact) mass is 295 g/mol. The second kappa shape index (κ2) is 5.38. The van der Waals surface area contributed by atoms with Crippen molar-refractivity contribution in [2.45, 2.75) is 11.4 Å². The van der Waals surface area contributed by atoms with E-state index in [1.165, 1.54) is 12.1 Å². The lowest BCUT2D eigenvalue weighted by Gasteiger charge is -2.09. The second-order valence-corrected chi connectivity index (χ2v) is 6.21. The van der Waals surface area contributed by atoms with Crippen molar-refractivity contribution in [1.29, 1.82) is 0 Å². The molecule has 0 amide bonds. The zero-order valence-corrected chi connectivity index (χ0v) is 11.5. The van der Waals surface area contributed by atoms with Gasteiger partial charge in [0.25, 0.3) is 0 Å². The Labute approximate surface area is 116 Å². The molecule has 0 aliphatic rings. The van der Waals surface area contributed by atoms with Crippen molar-refractivity contribution in [1.82, 2.24) is 0 Å². The fraction of sp³-hybridized carbons (Fsp3) is 0.154. The van der Waals surface area contributed by atoms with Crippen LogP contribution in [0.1, 0.15) is 16.1 Å². The van der Waals surface area contributed by atoms with E-state index in [9.17, 15) is 13.2 Å². The summed E-state index contributed by atoms with van der Waals surface area (Å²) in [7, 11) is -3.33. The van der Waals surface area contributed by atoms with Crippen LogP contribution in [-0.2, 0) is 16.4 Å². The second-order valence-electron chi connectivity index (χ2n) is 4.23. The summed E-state index contributed by atoms with van der Waals surface area (Å²) in [6, 6.07) is 7.87. The highest BCUT2D eigenvalue weighted by Crippen LogP contribution is 2.21. The van der Waals surface area contributed by atoms with Crippen LogP contribution in [0, 0.1) is 0 Å². The average Bonchev–Trinajstić information content (AvgIpc) is 2.84. The summed E-state index contributed by atoms with van der Waals surface area (Å²) in [5.74, 6) is -0.665. The van der Waals surface area contributed by atoms with E-state index in [2.05, 4.69) is 5.32 Å². The molecule has 0 bridgehead atoms. The van der Waals surface area contributed by atoms with E-state index in [0.29, 0.717) is 11.4 Å². The van der Waals surface area contributed by atoms with Gasteiger partial charge >= 0.3 is 5.97 Å². The molecule has 0 fully saturated rings. The Morgan fingerprint density at radius 3 is 2.65 bits per heavy atom. The van der Waals surface area contributed by atoms with Gasteiger partial charge in [0.15, 0.2) is 9.84 Å². The fourth-order valence-corrected chi connectivity index (χ4v) is 2.57. The summed E-state index contributed by atoms with van der Waals surface area (Å²) in [6.07, 6.45) is 2.27. The van der Waals surface area contributed by atoms with E-state index >= 15 is 0 Å². The number of para-hydroxylation sites is 1. The number of carboxylic acid groups (broad SMARTS) is 1. The molecule has 20 heavy (non-hydrogen) atoms. The Hall–Kier alpha value is -2.28. The Balaban J connectivity index is 2.17. The molecule has 2 aromatic rings. The molecule has 2 rings (SSSR count). The number of carboxylic acids is 1. The molecule has 0 saturated carbocycles. The Bertz CT molecular complexity index is 733. The standard InChI is InChI=1S/C13H13NO5S/c1-20(17,18)12-5-3-2-4-11(12)14-7-10-6-9(8-19-10)13(15)16/h2-6,8,14H,7H2,1H3,(H,15,16). The van der Waals surface area contributed by atoms with Crippen LogP contribution < -0.4 is 5.32 Å². The predicted octanol–water partition coefficient (Wildman–Crippen LogP) is 1.99. The maximum atomic E-state index is 11.6. The lowest BCUT2D eigenvalue weighted by atomic mass is 10.3. The van der Waals surface area contributed by atoms with Crippen molar-refractivity contribution in [3.63, 3.8) is 0 Å². The number of nitrogens with one attached hydrogen (secondary N) is 1. The molecule has 0 aliphatic heterocycles. The molecule has 0 radical (unpaired) electrons. The van der Waals surface area contributed by atoms with E-state index in [0.717, 1.165) is 12.5 Å². The smallest absolute Gasteiger partial charge is 0.338 e. The molecule has 0 saturated heterocycles. The van der Waals surface area contributed by atoms with Crippen molar-refractivity contribution in [2.75, 3.05) is 11.6 Å². The molecule has 6 nitrogen and oxygen atoms in total. The molecule has 1 aromatic carbocycles. The minimum atomic E-state index is -3.33. The molecule has 0 unspecified atom stereocenters. The molecule has 106 valence electrons. The summed E-state index contributed by atoms with van der Waals surface area (Å²) in [4.78, 5) is 10.9. The Morgan fingerprint density at radius 1 is 1.35 bits per heavy atom. The zero-order chi connectivity index (χ0) is 14.8. The summed E-state index contributed by atoms with van der Waals surface area (Å²) in [6.45, 7) is 0.194. The maximum Gasteiger partial charge on any atom is 0.338 e. The van der Waals surface area contributed by atoms with Gasteiger partial charge in [0.2, 0.25) is 0 Å². The third kappa shape index (κ3) is 3.18. The third-order valence-corrected chi connectivity index (χ3v) is 3.80. The van der Waals surface area contributed by atoms with Gasteiger partial charge in [0.05, 0.1) is 22.7 Å². The predicted molar refractivity (Wildman–Crippen MR) is 72.5 cm³/mol. The van der Waals surface area contributed by atoms with Gasteiger partial charge in [0, 0.05) is 6.26 Å². The molecule has 0 aliphatic carbocycles. The first-order valence-corrected chi connectivity index (χ1v) is 7.61. The van der Waals surface area contributed by atoms with Crippen LogP contribution in [0.15, 0.2) is 45.9 Å². The maximum absolute atomic E-state index is 11.6. The van der Waals surface area contributed by atoms with Gasteiger partial charge in [-0.3, -0.25) is 0 Å². The number of hydrogen-bond donors (Lipinski definition) is 2. The first-order chi connectivity index (χ1) is 9.38. The van der Waals surface area contributed by atoms with Crippen molar-refractivity contribution < 1.29 is 22.7 Å². The molecule has 1 heterocycles. The SMILES string of the molecule is CS(=O)(=O)c1ccccc1NCc1cc(C(=O)O)co1. The van der Waals surface area contributed by atoms with E-state index in [-0.39, 0.29) is 17.0 Å². The van der Waals surface area contributed by atoms with Crippen LogP contribution in [0.5, 0.6) is 0 Å². The number of aromatic carboxylic acids is 1. The topological polar surface area (TPSA) is 96.6 Å². The lowest BCUT2D eigenvalue weighted by molar-refractivity contribution is 0.0696. The van der Waals surface area contributed by atoms with Gasteiger partial charge in [-0.2, -0.15) is 0 Å². The van der Waals surface area contributed by atoms with Crippen LogP contribution in [0.3, 0.4) is 0 Å². The highest BCUT2D eigenvalue weighted by molar-refractivity contribution is 7.90. The van der Waals surface area contributed by atoms with Gasteiger partial charge in [0.1, 0.15) is 12.0 Å². The van der Waals surface area contributed by atoms with Gasteiger partial charge in [-0.15, -0.1) is 0 Å². The van der Waals surface area contributed by atoms with Gasteiger partial charge in [-0.05, 0) is 18.2 Å². The highest BCUT2D eigenvalue weighted by atomic mass is 32.2. The molecular weight excluding hydrogens is 282 g/mol. The zero-order valence-electron chi connectivity index (χ0n) is 10.7. The summed E-state index contributed by atoms with van der Waals surface area (Å²) >= 11 is 0. The van der Waals surface area contributed by atoms with E-state index < -0.39 is 15.8 Å². The average molecular weight is 295 g/mol. The third-order valence-electron chi connectivity index (χ3n) is 2.64. The molecule has 7 heteroatoms. The van der Waals surface area contributed by atoms with E-state index in [1.54, 1.807) is 18.2 Å². The molecule has 0 atom stereocenters. The van der Waals surface area contributed by atoms with Gasteiger partial charge in [-0.1, -0.05) is 12.1 Å². The van der Waals surface area contributed by atoms with Crippen molar-refractivity contribution in [3.05, 3.63) is 47.9 Å². The van der Waals surface area contributed by atoms with Crippen LogP contribution in [-0.4, -0.2) is 25.7 Å². The van der Waals surface area contributed by atoms with E-state index in [4.69, 9.17) is 9.52 Å². The first kappa shape index (κ1) is 14.1. The molecule has 0 spiro atoms. The lowest BCUT2D eigenvalue weighted by Crippen LogP contribution is -2.05. The highest BCUT2D eigenvalue weighted by Gasteiger charge is 2.13. The van der Waals surface area contributed by atoms with Crippen molar-refractivity contribution >= 4 is 21.5 Å². The van der Waals surface area contributed by atoms with Crippen molar-refractivity contribution in [2.24, 2.45) is 0 Å². The Kier molecular flexibility index (Phi) is 3.80. The summed E-state index contributed by atoms with van der Waals surface area (Å²) in [5, 5.41) is 11.7. The number of benzene rings is 1. The van der Waals surface area contributed by atoms with Crippen molar-refractivity contribution in [3.8, 4) is 0 Å². The largest absolute Gasteiger partial charge is 0.478 e. The number of carbonyl (C=O) groups is 1. The van der Waals surface area contributed by atoms with Gasteiger partial charge < -0.3 is 14.8 Å². The van der Waals surface area contributed by atoms with Crippen LogP contribution in [0.2, 0.25) is 0 Å². The number of hydrogen-bond acceptors (Lipinski definition) is 5. The molecule has 2 N–H and O–H groups in total. The number of sulfone groups is 1. The van der Waals surface area contributed by atoms with Crippen LogP contribution in [0.4, 0.5) is 5.69 Å². The molecule has 1 aromatic heterocycles. The van der Waals surface area contributed by atoms with Crippen LogP contribution >= 0.6 is 0 Å². The minimum Gasteiger partial charge on any atom is -0.478 e. The number of anilines is 1. The first-order valence-electron chi connectivity index (χ1n) is 5.71. The number of furan rings is 1. The van der Waals surface area contributed by atoms with Crippen LogP contribution in [0.25, 0.3) is 0 Å². The summed E-state index contributed by atoms with van der Waals surface area (Å²) < 4.78 is 28.3. The summed E-state index contributed by atoms with van der Waals surface area (Å²) in [5.41, 5.74) is 0.501. The van der Waals surface area contributed by atoms with E-state index in [1.807, 2.05) is 0 Å². The minimum absolute atomic E-state index is 0.0539.